The van der Waals surface area contributed by atoms with Crippen molar-refractivity contribution in [1.29, 1.82) is 0 Å². The van der Waals surface area contributed by atoms with Gasteiger partial charge in [0.1, 0.15) is 42.7 Å². The maximum Gasteiger partial charge on any atom is 0.217 e. The van der Waals surface area contributed by atoms with E-state index in [0.29, 0.717) is 0 Å². The van der Waals surface area contributed by atoms with Gasteiger partial charge in [0.25, 0.3) is 0 Å². The molecule has 0 spiro atoms. The first-order valence-corrected chi connectivity index (χ1v) is 11.6. The third-order valence-corrected chi connectivity index (χ3v) is 6.02. The molecule has 11 atom stereocenters. The van der Waals surface area contributed by atoms with Gasteiger partial charge in [0.05, 0.1) is 32.0 Å². The highest BCUT2D eigenvalue weighted by Gasteiger charge is 2.51. The highest BCUT2D eigenvalue weighted by molar-refractivity contribution is 5.73. The van der Waals surface area contributed by atoms with Gasteiger partial charge in [-0.3, -0.25) is 9.59 Å². The van der Waals surface area contributed by atoms with Crippen LogP contribution in [-0.2, 0) is 28.5 Å². The van der Waals surface area contributed by atoms with Gasteiger partial charge in [-0.05, 0) is 6.92 Å². The highest BCUT2D eigenvalue weighted by Crippen LogP contribution is 2.34. The molecule has 0 aromatic carbocycles. The van der Waals surface area contributed by atoms with Crippen molar-refractivity contribution in [3.05, 3.63) is 12.7 Å². The monoisotopic (exact) mass is 522 g/mol. The zero-order valence-electron chi connectivity index (χ0n) is 20.5. The molecule has 0 radical (unpaired) electrons. The molecule has 2 aliphatic rings. The van der Waals surface area contributed by atoms with Gasteiger partial charge in [-0.1, -0.05) is 6.08 Å². The number of carbonyl (C=O) groups excluding carboxylic acids is 2. The van der Waals surface area contributed by atoms with E-state index in [4.69, 9.17) is 18.9 Å². The summed E-state index contributed by atoms with van der Waals surface area (Å²) in [5.41, 5.74) is 0. The number of nitrogens with one attached hydrogen (secondary N) is 2. The molecule has 2 fully saturated rings. The molecule has 2 rings (SSSR count). The first kappa shape index (κ1) is 30.5. The fourth-order valence-corrected chi connectivity index (χ4v) is 4.27. The third kappa shape index (κ3) is 7.64. The van der Waals surface area contributed by atoms with Crippen molar-refractivity contribution in [3.63, 3.8) is 0 Å². The van der Waals surface area contributed by atoms with Crippen LogP contribution in [0.15, 0.2) is 12.7 Å². The van der Waals surface area contributed by atoms with Gasteiger partial charge in [0.15, 0.2) is 12.1 Å². The van der Waals surface area contributed by atoms with Gasteiger partial charge in [-0.15, -0.1) is 6.58 Å². The second-order valence-corrected chi connectivity index (χ2v) is 9.14. The summed E-state index contributed by atoms with van der Waals surface area (Å²) in [5, 5.41) is 66.5. The number of hydrogen-bond donors (Lipinski definition) is 8. The van der Waals surface area contributed by atoms with Crippen LogP contribution in [0.3, 0.4) is 0 Å². The molecule has 0 bridgehead atoms. The van der Waals surface area contributed by atoms with Crippen LogP contribution in [0.4, 0.5) is 0 Å². The van der Waals surface area contributed by atoms with E-state index in [-0.39, 0.29) is 19.6 Å². The third-order valence-electron chi connectivity index (χ3n) is 6.02. The van der Waals surface area contributed by atoms with Gasteiger partial charge in [-0.25, -0.2) is 0 Å². The topological polar surface area (TPSA) is 216 Å². The largest absolute Gasteiger partial charge is 0.394 e. The summed E-state index contributed by atoms with van der Waals surface area (Å²) in [4.78, 5) is 23.1. The van der Waals surface area contributed by atoms with Crippen molar-refractivity contribution in [1.82, 2.24) is 10.6 Å². The van der Waals surface area contributed by atoms with E-state index in [1.54, 1.807) is 0 Å². The molecule has 208 valence electrons. The maximum absolute atomic E-state index is 11.6. The highest BCUT2D eigenvalue weighted by atomic mass is 16.7. The van der Waals surface area contributed by atoms with Gasteiger partial charge in [0.2, 0.25) is 11.8 Å². The predicted molar refractivity (Wildman–Crippen MR) is 121 cm³/mol. The molecule has 36 heavy (non-hydrogen) atoms. The molecule has 14 nitrogen and oxygen atoms in total. The molecule has 0 aromatic rings. The molecule has 2 amide bonds. The Morgan fingerprint density at radius 2 is 1.75 bits per heavy atom. The summed E-state index contributed by atoms with van der Waals surface area (Å²) in [6.45, 7) is 6.26. The zero-order chi connectivity index (χ0) is 27.2. The smallest absolute Gasteiger partial charge is 0.217 e. The van der Waals surface area contributed by atoms with Crippen molar-refractivity contribution >= 4 is 11.8 Å². The Morgan fingerprint density at radius 3 is 2.31 bits per heavy atom. The Hall–Kier alpha value is -1.72. The van der Waals surface area contributed by atoms with Gasteiger partial charge in [-0.2, -0.15) is 0 Å². The molecule has 4 unspecified atom stereocenters. The number of carbonyl (C=O) groups is 2. The van der Waals surface area contributed by atoms with E-state index >= 15 is 0 Å². The van der Waals surface area contributed by atoms with Crippen LogP contribution in [0, 0.1) is 0 Å². The Morgan fingerprint density at radius 1 is 1.14 bits per heavy atom. The minimum Gasteiger partial charge on any atom is -0.394 e. The van der Waals surface area contributed by atoms with E-state index in [1.165, 1.54) is 26.8 Å². The van der Waals surface area contributed by atoms with Crippen LogP contribution in [0.25, 0.3) is 0 Å². The minimum atomic E-state index is -1.70. The average molecular weight is 523 g/mol. The lowest BCUT2D eigenvalue weighted by Gasteiger charge is -2.48. The second kappa shape index (κ2) is 13.2. The van der Waals surface area contributed by atoms with Crippen molar-refractivity contribution in [2.24, 2.45) is 0 Å². The molecule has 0 aliphatic carbocycles. The summed E-state index contributed by atoms with van der Waals surface area (Å²) in [6.07, 6.45) is -10.0. The predicted octanol–water partition coefficient (Wildman–Crippen LogP) is -3.76. The molecule has 0 aromatic heterocycles. The van der Waals surface area contributed by atoms with Crippen LogP contribution < -0.4 is 10.6 Å². The number of amides is 2. The maximum atomic E-state index is 11.6. The standard InChI is InChI=1S/C22H38N2O12/c1-5-6-33-21-16(24-11(3)27)19(32)18(31)14(35-21)9-34-22(4)7-12(28)15(23-10(2)26)20(36-22)17(30)13(29)8-25/h5,12-21,25,28-32H,1,6-9H2,2-4H3,(H,23,26)(H,24,27)/t12-,13-,14?,15-,16?,17-,18+,19?,20?,21+,22+/m1/s1. The van der Waals surface area contributed by atoms with E-state index in [0.717, 1.165) is 0 Å². The lowest BCUT2D eigenvalue weighted by molar-refractivity contribution is -0.332. The van der Waals surface area contributed by atoms with Crippen LogP contribution in [-0.4, -0.2) is 129 Å². The number of ether oxygens (including phenoxy) is 4. The second-order valence-electron chi connectivity index (χ2n) is 9.14. The summed E-state index contributed by atoms with van der Waals surface area (Å²) >= 11 is 0. The van der Waals surface area contributed by atoms with Crippen LogP contribution in [0.2, 0.25) is 0 Å². The molecule has 14 heteroatoms. The number of aliphatic hydroxyl groups is 6. The fraction of sp³-hybridized carbons (Fsp3) is 0.818. The normalized spacial score (nSPS) is 38.6. The summed E-state index contributed by atoms with van der Waals surface area (Å²) in [5.74, 6) is -2.60. The molecule has 0 saturated carbocycles. The number of hydrogen-bond acceptors (Lipinski definition) is 12. The van der Waals surface area contributed by atoms with E-state index in [9.17, 15) is 40.2 Å². The zero-order valence-corrected chi connectivity index (χ0v) is 20.5. The molecule has 2 heterocycles. The number of rotatable bonds is 11. The lowest BCUT2D eigenvalue weighted by Crippen LogP contribution is -2.67. The van der Waals surface area contributed by atoms with E-state index in [1.807, 2.05) is 0 Å². The summed E-state index contributed by atoms with van der Waals surface area (Å²) in [6, 6.07) is -2.20. The van der Waals surface area contributed by atoms with Crippen LogP contribution >= 0.6 is 0 Å². The average Bonchev–Trinajstić information content (AvgIpc) is 2.81. The van der Waals surface area contributed by atoms with E-state index in [2.05, 4.69) is 17.2 Å². The van der Waals surface area contributed by atoms with Gasteiger partial charge < -0.3 is 60.2 Å². The van der Waals surface area contributed by atoms with Crippen molar-refractivity contribution in [2.45, 2.75) is 94.1 Å². The Labute approximate surface area is 208 Å². The summed E-state index contributed by atoms with van der Waals surface area (Å²) in [7, 11) is 0. The first-order chi connectivity index (χ1) is 16.8. The summed E-state index contributed by atoms with van der Waals surface area (Å²) < 4.78 is 22.9. The molecule has 2 aliphatic heterocycles. The van der Waals surface area contributed by atoms with Crippen LogP contribution in [0.5, 0.6) is 0 Å². The quantitative estimate of drug-likeness (QED) is 0.123. The molecular formula is C22H38N2O12. The number of aliphatic hydroxyl groups excluding tert-OH is 6. The first-order valence-electron chi connectivity index (χ1n) is 11.6. The lowest BCUT2D eigenvalue weighted by atomic mass is 9.89. The van der Waals surface area contributed by atoms with E-state index < -0.39 is 85.3 Å². The Balaban J connectivity index is 2.17. The van der Waals surface area contributed by atoms with Gasteiger partial charge in [0, 0.05) is 20.3 Å². The molecule has 8 N–H and O–H groups in total. The minimum absolute atomic E-state index is 0.0292. The fourth-order valence-electron chi connectivity index (χ4n) is 4.27. The Bertz CT molecular complexity index is 757. The molecular weight excluding hydrogens is 484 g/mol. The van der Waals surface area contributed by atoms with Gasteiger partial charge >= 0.3 is 0 Å². The SMILES string of the molecule is C=CCO[C@H]1OC(CO[C@]2(C)C[C@@H](O)[C@@H](NC(C)=O)C([C@H](O)[C@H](O)CO)O2)[C@H](O)C(O)C1NC(C)=O. The van der Waals surface area contributed by atoms with Crippen LogP contribution in [0.1, 0.15) is 27.2 Å². The Kier molecular flexibility index (Phi) is 11.2. The van der Waals surface area contributed by atoms with Crippen molar-refractivity contribution in [2.75, 3.05) is 19.8 Å². The van der Waals surface area contributed by atoms with Crippen molar-refractivity contribution in [3.8, 4) is 0 Å². The molecule has 2 saturated heterocycles. The van der Waals surface area contributed by atoms with Crippen molar-refractivity contribution < 1.29 is 59.2 Å².